The van der Waals surface area contributed by atoms with Crippen molar-refractivity contribution in [3.05, 3.63) is 53.1 Å². The van der Waals surface area contributed by atoms with Crippen LogP contribution in [0.1, 0.15) is 32.8 Å². The number of hydrogen-bond acceptors (Lipinski definition) is 6. The van der Waals surface area contributed by atoms with Crippen molar-refractivity contribution in [2.45, 2.75) is 45.8 Å². The van der Waals surface area contributed by atoms with Crippen LogP contribution in [-0.4, -0.2) is 56.8 Å². The zero-order valence-corrected chi connectivity index (χ0v) is 21.7. The molecule has 11 heteroatoms. The zero-order valence-electron chi connectivity index (χ0n) is 20.2. The predicted octanol–water partition coefficient (Wildman–Crippen LogP) is 3.17. The summed E-state index contributed by atoms with van der Waals surface area (Å²) in [6.07, 6.45) is 1.35. The van der Waals surface area contributed by atoms with E-state index in [2.05, 4.69) is 5.32 Å². The first-order valence-corrected chi connectivity index (χ1v) is 13.4. The molecule has 0 aliphatic carbocycles. The van der Waals surface area contributed by atoms with Gasteiger partial charge in [-0.1, -0.05) is 36.7 Å². The summed E-state index contributed by atoms with van der Waals surface area (Å²) >= 11 is 6.34. The molecule has 1 heterocycles. The molecule has 0 radical (unpaired) electrons. The fraction of sp³-hybridized carbons (Fsp3) is 0.417. The van der Waals surface area contributed by atoms with Crippen LogP contribution in [0, 0.1) is 0 Å². The van der Waals surface area contributed by atoms with E-state index in [-0.39, 0.29) is 31.0 Å². The normalized spacial score (nSPS) is 13.4. The second-order valence-electron chi connectivity index (χ2n) is 8.51. The van der Waals surface area contributed by atoms with Gasteiger partial charge in [-0.05, 0) is 44.0 Å². The molecule has 35 heavy (non-hydrogen) atoms. The fourth-order valence-corrected chi connectivity index (χ4v) is 4.80. The van der Waals surface area contributed by atoms with Crippen molar-refractivity contribution in [3.8, 4) is 11.5 Å². The average molecular weight is 524 g/mol. The number of amides is 2. The number of benzene rings is 2. The van der Waals surface area contributed by atoms with E-state index in [1.165, 1.54) is 11.0 Å². The Morgan fingerprint density at radius 1 is 1.11 bits per heavy atom. The number of carbonyl (C=O) groups excluding carboxylic acids is 2. The quantitative estimate of drug-likeness (QED) is 0.513. The molecular formula is C24H30ClN3O6S. The Morgan fingerprint density at radius 2 is 1.80 bits per heavy atom. The van der Waals surface area contributed by atoms with Gasteiger partial charge in [-0.25, -0.2) is 8.42 Å². The Labute approximate surface area is 211 Å². The lowest BCUT2D eigenvalue weighted by molar-refractivity contribution is -0.140. The Morgan fingerprint density at radius 3 is 2.43 bits per heavy atom. The Bertz CT molecular complexity index is 1190. The molecule has 2 amide bonds. The van der Waals surface area contributed by atoms with E-state index < -0.39 is 28.5 Å². The second kappa shape index (κ2) is 11.2. The number of sulfonamides is 1. The van der Waals surface area contributed by atoms with Gasteiger partial charge in [-0.15, -0.1) is 0 Å². The molecule has 0 bridgehead atoms. The van der Waals surface area contributed by atoms with Gasteiger partial charge in [0.15, 0.2) is 11.5 Å². The molecule has 1 N–H and O–H groups in total. The summed E-state index contributed by atoms with van der Waals surface area (Å²) in [4.78, 5) is 28.0. The fourth-order valence-electron chi connectivity index (χ4n) is 3.76. The van der Waals surface area contributed by atoms with Crippen LogP contribution in [0.3, 0.4) is 0 Å². The second-order valence-corrected chi connectivity index (χ2v) is 10.8. The van der Waals surface area contributed by atoms with Crippen LogP contribution < -0.4 is 19.1 Å². The molecule has 0 fully saturated rings. The van der Waals surface area contributed by atoms with Crippen molar-refractivity contribution in [3.63, 3.8) is 0 Å². The van der Waals surface area contributed by atoms with Crippen molar-refractivity contribution < 1.29 is 27.5 Å². The molecule has 1 aliphatic rings. The van der Waals surface area contributed by atoms with Crippen LogP contribution in [-0.2, 0) is 26.2 Å². The van der Waals surface area contributed by atoms with Gasteiger partial charge in [-0.3, -0.25) is 13.9 Å². The molecule has 0 spiro atoms. The van der Waals surface area contributed by atoms with Crippen LogP contribution in [0.2, 0.25) is 5.02 Å². The lowest BCUT2D eigenvalue weighted by Crippen LogP contribution is -2.53. The number of halogens is 1. The highest BCUT2D eigenvalue weighted by Gasteiger charge is 2.32. The number of rotatable bonds is 10. The summed E-state index contributed by atoms with van der Waals surface area (Å²) in [5, 5.41) is 3.29. The summed E-state index contributed by atoms with van der Waals surface area (Å²) in [5.74, 6) is 0.0141. The van der Waals surface area contributed by atoms with Crippen LogP contribution in [0.5, 0.6) is 11.5 Å². The topological polar surface area (TPSA) is 105 Å². The number of hydrogen-bond donors (Lipinski definition) is 1. The summed E-state index contributed by atoms with van der Waals surface area (Å²) in [7, 11) is -3.85. The first-order chi connectivity index (χ1) is 16.5. The van der Waals surface area contributed by atoms with E-state index in [0.29, 0.717) is 28.5 Å². The SMILES string of the molecule is CC[C@H](C(=O)NC(C)C)N(Cc1ccccc1Cl)C(=O)CN(c1ccc2c(c1)OCO2)S(C)(=O)=O. The van der Waals surface area contributed by atoms with Crippen LogP contribution in [0.25, 0.3) is 0 Å². The minimum Gasteiger partial charge on any atom is -0.454 e. The minimum atomic E-state index is -3.85. The molecule has 9 nitrogen and oxygen atoms in total. The van der Waals surface area contributed by atoms with Gasteiger partial charge in [-0.2, -0.15) is 0 Å². The molecule has 0 saturated carbocycles. The molecule has 1 atom stereocenters. The van der Waals surface area contributed by atoms with E-state index in [4.69, 9.17) is 21.1 Å². The third kappa shape index (κ3) is 6.58. The highest BCUT2D eigenvalue weighted by atomic mass is 35.5. The monoisotopic (exact) mass is 523 g/mol. The van der Waals surface area contributed by atoms with Crippen molar-refractivity contribution in [2.75, 3.05) is 23.9 Å². The van der Waals surface area contributed by atoms with Gasteiger partial charge in [0.25, 0.3) is 0 Å². The van der Waals surface area contributed by atoms with Gasteiger partial charge < -0.3 is 19.7 Å². The van der Waals surface area contributed by atoms with Crippen molar-refractivity contribution in [1.29, 1.82) is 0 Å². The van der Waals surface area contributed by atoms with Crippen molar-refractivity contribution in [1.82, 2.24) is 10.2 Å². The molecule has 2 aromatic carbocycles. The van der Waals surface area contributed by atoms with Crippen LogP contribution in [0.4, 0.5) is 5.69 Å². The zero-order chi connectivity index (χ0) is 25.8. The van der Waals surface area contributed by atoms with Gasteiger partial charge in [0.1, 0.15) is 12.6 Å². The maximum atomic E-state index is 13.7. The molecular weight excluding hydrogens is 494 g/mol. The number of anilines is 1. The largest absolute Gasteiger partial charge is 0.454 e. The molecule has 1 aliphatic heterocycles. The third-order valence-corrected chi connectivity index (χ3v) is 6.95. The maximum absolute atomic E-state index is 13.7. The first-order valence-electron chi connectivity index (χ1n) is 11.2. The van der Waals surface area contributed by atoms with Crippen molar-refractivity contribution in [2.24, 2.45) is 0 Å². The summed E-state index contributed by atoms with van der Waals surface area (Å²) < 4.78 is 37.1. The third-order valence-electron chi connectivity index (χ3n) is 5.44. The highest BCUT2D eigenvalue weighted by molar-refractivity contribution is 7.92. The lowest BCUT2D eigenvalue weighted by atomic mass is 10.1. The van der Waals surface area contributed by atoms with E-state index in [0.717, 1.165) is 10.6 Å². The van der Waals surface area contributed by atoms with Gasteiger partial charge in [0.05, 0.1) is 11.9 Å². The average Bonchev–Trinajstić information content (AvgIpc) is 3.25. The molecule has 0 saturated heterocycles. The van der Waals surface area contributed by atoms with Crippen LogP contribution in [0.15, 0.2) is 42.5 Å². The Kier molecular flexibility index (Phi) is 8.50. The van der Waals surface area contributed by atoms with E-state index in [1.54, 1.807) is 43.3 Å². The lowest BCUT2D eigenvalue weighted by Gasteiger charge is -2.33. The molecule has 0 unspecified atom stereocenters. The first kappa shape index (κ1) is 26.6. The summed E-state index contributed by atoms with van der Waals surface area (Å²) in [6.45, 7) is 5.02. The molecule has 2 aromatic rings. The molecule has 0 aromatic heterocycles. The van der Waals surface area contributed by atoms with Gasteiger partial charge >= 0.3 is 0 Å². The van der Waals surface area contributed by atoms with Gasteiger partial charge in [0.2, 0.25) is 28.6 Å². The maximum Gasteiger partial charge on any atom is 0.244 e. The Balaban J connectivity index is 1.96. The molecule has 190 valence electrons. The Hall–Kier alpha value is -2.98. The summed E-state index contributed by atoms with van der Waals surface area (Å²) in [6, 6.07) is 10.7. The minimum absolute atomic E-state index is 0.0331. The number of fused-ring (bicyclic) bond motifs is 1. The van der Waals surface area contributed by atoms with E-state index in [1.807, 2.05) is 13.8 Å². The van der Waals surface area contributed by atoms with Crippen molar-refractivity contribution >= 4 is 39.1 Å². The standard InChI is InChI=1S/C24H30ClN3O6S/c1-5-20(24(30)26-16(2)3)27(13-17-8-6-7-9-19(17)25)23(29)14-28(35(4,31)32)18-10-11-21-22(12-18)34-15-33-21/h6-12,16,20H,5,13-15H2,1-4H3,(H,26,30)/t20-/m1/s1. The number of nitrogens with zero attached hydrogens (tertiary/aromatic N) is 2. The number of carbonyl (C=O) groups is 2. The number of ether oxygens (including phenoxy) is 2. The van der Waals surface area contributed by atoms with E-state index in [9.17, 15) is 18.0 Å². The van der Waals surface area contributed by atoms with E-state index >= 15 is 0 Å². The van der Waals surface area contributed by atoms with Gasteiger partial charge in [0, 0.05) is 23.7 Å². The summed E-state index contributed by atoms with van der Waals surface area (Å²) in [5.41, 5.74) is 0.898. The number of nitrogens with one attached hydrogen (secondary N) is 1. The highest BCUT2D eigenvalue weighted by Crippen LogP contribution is 2.36. The smallest absolute Gasteiger partial charge is 0.244 e. The molecule has 3 rings (SSSR count). The predicted molar refractivity (Wildman–Crippen MR) is 134 cm³/mol. The van der Waals surface area contributed by atoms with Crippen LogP contribution >= 0.6 is 11.6 Å².